The van der Waals surface area contributed by atoms with E-state index in [0.29, 0.717) is 16.4 Å². The zero-order valence-electron chi connectivity index (χ0n) is 26.2. The minimum absolute atomic E-state index is 0.0342. The first-order chi connectivity index (χ1) is 24.7. The largest absolute Gasteiger partial charge is 0.504 e. The summed E-state index contributed by atoms with van der Waals surface area (Å²) in [5.41, 5.74) is 6.47. The standard InChI is InChI=1S/C27H24N10O11S4/c1-10-29-27-31-13(21(40)34-45)5-17(37(27)33-10)49-6-11-7-50-24-19(23(42)36(24)20(11)25(43)44)32-22(41)18(14-8-51-26(28)30-14)35-48-9-52(46,47)12-2-3-15(38)16(39)4-12/h2-5,8,19,24,38-39,45H,6-7,9H2,1H3,(H2,28,30)(H,32,41)(H,34,40)(H,43,44)/b35-18-/t19-,24-/m1/s1. The van der Waals surface area contributed by atoms with Gasteiger partial charge in [-0.15, -0.1) is 40.0 Å². The molecule has 4 aromatic rings. The van der Waals surface area contributed by atoms with Gasteiger partial charge in [-0.3, -0.25) is 24.5 Å². The van der Waals surface area contributed by atoms with Gasteiger partial charge < -0.3 is 31.2 Å². The highest BCUT2D eigenvalue weighted by molar-refractivity contribution is 8.01. The Morgan fingerprint density at radius 3 is 2.60 bits per heavy atom. The number of sulfone groups is 1. The minimum atomic E-state index is -4.24. The second-order valence-corrected chi connectivity index (χ2v) is 15.6. The fraction of sp³-hybridized carbons (Fsp3) is 0.222. The third-order valence-corrected chi connectivity index (χ3v) is 11.8. The number of aromatic hydroxyl groups is 2. The summed E-state index contributed by atoms with van der Waals surface area (Å²) >= 11 is 3.21. The topological polar surface area (TPSA) is 314 Å². The third-order valence-electron chi connectivity index (χ3n) is 7.30. The lowest BCUT2D eigenvalue weighted by molar-refractivity contribution is -0.150. The van der Waals surface area contributed by atoms with E-state index in [1.54, 1.807) is 6.92 Å². The van der Waals surface area contributed by atoms with Crippen LogP contribution in [0.5, 0.6) is 11.5 Å². The number of nitrogens with two attached hydrogens (primary N) is 1. The molecule has 272 valence electrons. The van der Waals surface area contributed by atoms with Crippen molar-refractivity contribution in [3.8, 4) is 11.5 Å². The molecule has 2 aliphatic rings. The molecule has 8 N–H and O–H groups in total. The summed E-state index contributed by atoms with van der Waals surface area (Å²) in [7, 11) is -4.24. The van der Waals surface area contributed by atoms with Crippen LogP contribution in [-0.2, 0) is 29.1 Å². The van der Waals surface area contributed by atoms with E-state index in [1.807, 2.05) is 0 Å². The number of carbonyl (C=O) groups excluding carboxylic acids is 3. The van der Waals surface area contributed by atoms with Gasteiger partial charge in [-0.05, 0) is 24.6 Å². The van der Waals surface area contributed by atoms with Gasteiger partial charge in [0.1, 0.15) is 39.4 Å². The van der Waals surface area contributed by atoms with E-state index in [9.17, 15) is 42.9 Å². The number of nitrogens with zero attached hydrogens (tertiary/aromatic N) is 7. The van der Waals surface area contributed by atoms with Crippen molar-refractivity contribution in [3.63, 3.8) is 0 Å². The molecule has 0 aliphatic carbocycles. The molecule has 5 heterocycles. The highest BCUT2D eigenvalue weighted by atomic mass is 32.2. The zero-order valence-corrected chi connectivity index (χ0v) is 29.4. The predicted octanol–water partition coefficient (Wildman–Crippen LogP) is -0.315. The Balaban J connectivity index is 1.19. The molecule has 0 bridgehead atoms. The fourth-order valence-corrected chi connectivity index (χ4v) is 8.83. The number of anilines is 1. The SMILES string of the molecule is Cc1nc2nc(C(=O)NO)cc(SCC3=C(C(=O)O)N4C(=O)[C@@H](NC(=O)/C(=N\OCS(=O)(=O)c5ccc(O)c(O)c5)c5csc(N)n5)[C@H]4SC3)n2n1. The van der Waals surface area contributed by atoms with Crippen molar-refractivity contribution < 1.29 is 53.0 Å². The predicted molar refractivity (Wildman–Crippen MR) is 181 cm³/mol. The molecule has 1 aromatic carbocycles. The molecular weight excluding hydrogens is 769 g/mol. The molecule has 3 amide bonds. The van der Waals surface area contributed by atoms with E-state index in [-0.39, 0.29) is 39.5 Å². The van der Waals surface area contributed by atoms with Crippen molar-refractivity contribution in [1.29, 1.82) is 0 Å². The number of carbonyl (C=O) groups is 4. The number of phenolic OH excluding ortho intramolecular Hbond substituents is 2. The van der Waals surface area contributed by atoms with Gasteiger partial charge in [-0.25, -0.2) is 28.7 Å². The maximum atomic E-state index is 13.4. The summed E-state index contributed by atoms with van der Waals surface area (Å²) in [6.45, 7) is 1.61. The molecule has 6 rings (SSSR count). The minimum Gasteiger partial charge on any atom is -0.504 e. The number of phenols is 2. The summed E-state index contributed by atoms with van der Waals surface area (Å²) in [6.07, 6.45) is 0. The number of amides is 3. The van der Waals surface area contributed by atoms with Gasteiger partial charge in [-0.2, -0.15) is 9.50 Å². The van der Waals surface area contributed by atoms with Crippen molar-refractivity contribution in [3.05, 3.63) is 58.1 Å². The van der Waals surface area contributed by atoms with Gasteiger partial charge in [-0.1, -0.05) is 5.16 Å². The Hall–Kier alpha value is -5.50. The first kappa shape index (κ1) is 36.3. The molecule has 3 aromatic heterocycles. The Morgan fingerprint density at radius 2 is 1.92 bits per heavy atom. The zero-order chi connectivity index (χ0) is 37.5. The van der Waals surface area contributed by atoms with Gasteiger partial charge in [0.25, 0.3) is 23.5 Å². The van der Waals surface area contributed by atoms with Crippen LogP contribution in [0.15, 0.2) is 56.0 Å². The maximum absolute atomic E-state index is 13.4. The van der Waals surface area contributed by atoms with Crippen molar-refractivity contribution in [2.24, 2.45) is 5.16 Å². The summed E-state index contributed by atoms with van der Waals surface area (Å²) in [5, 5.41) is 49.7. The average molecular weight is 793 g/mol. The Labute approximate surface area is 303 Å². The van der Waals surface area contributed by atoms with Crippen LogP contribution >= 0.6 is 34.9 Å². The van der Waals surface area contributed by atoms with Gasteiger partial charge in [0.05, 0.1) is 4.90 Å². The number of nitrogen functional groups attached to an aromatic ring is 1. The number of nitrogens with one attached hydrogen (secondary N) is 2. The van der Waals surface area contributed by atoms with E-state index < -0.39 is 73.0 Å². The Kier molecular flexibility index (Phi) is 9.95. The lowest BCUT2D eigenvalue weighted by atomic mass is 10.0. The van der Waals surface area contributed by atoms with Gasteiger partial charge in [0.15, 0.2) is 22.3 Å². The number of thioether (sulfide) groups is 2. The van der Waals surface area contributed by atoms with Crippen LogP contribution in [0.3, 0.4) is 0 Å². The number of aromatic nitrogens is 5. The first-order valence-electron chi connectivity index (χ1n) is 14.4. The van der Waals surface area contributed by atoms with Crippen LogP contribution in [0.1, 0.15) is 22.0 Å². The highest BCUT2D eigenvalue weighted by Crippen LogP contribution is 2.41. The van der Waals surface area contributed by atoms with Crippen molar-refractivity contribution in [2.45, 2.75) is 28.3 Å². The lowest BCUT2D eigenvalue weighted by Crippen LogP contribution is -2.71. The van der Waals surface area contributed by atoms with E-state index >= 15 is 0 Å². The first-order valence-corrected chi connectivity index (χ1v) is 18.9. The number of rotatable bonds is 12. The molecule has 2 aliphatic heterocycles. The van der Waals surface area contributed by atoms with Crippen LogP contribution in [0, 0.1) is 6.92 Å². The molecule has 0 saturated carbocycles. The van der Waals surface area contributed by atoms with Crippen LogP contribution in [-0.4, -0.2) is 117 Å². The van der Waals surface area contributed by atoms with Crippen molar-refractivity contribution >= 4 is 85.0 Å². The summed E-state index contributed by atoms with van der Waals surface area (Å²) < 4.78 is 26.8. The van der Waals surface area contributed by atoms with Crippen LogP contribution in [0.25, 0.3) is 5.78 Å². The summed E-state index contributed by atoms with van der Waals surface area (Å²) in [4.78, 5) is 69.2. The second kappa shape index (κ2) is 14.3. The lowest BCUT2D eigenvalue weighted by Gasteiger charge is -2.49. The van der Waals surface area contributed by atoms with Gasteiger partial charge in [0, 0.05) is 29.0 Å². The molecule has 2 atom stereocenters. The maximum Gasteiger partial charge on any atom is 0.352 e. The van der Waals surface area contributed by atoms with Crippen LogP contribution in [0.4, 0.5) is 5.13 Å². The number of hydrogen-bond donors (Lipinski definition) is 7. The number of oxime groups is 1. The average Bonchev–Trinajstić information content (AvgIpc) is 3.72. The molecule has 1 saturated heterocycles. The molecule has 52 heavy (non-hydrogen) atoms. The Morgan fingerprint density at radius 1 is 1.15 bits per heavy atom. The molecule has 21 nitrogen and oxygen atoms in total. The number of aliphatic carboxylic acids is 1. The molecule has 0 radical (unpaired) electrons. The molecule has 0 spiro atoms. The number of carboxylic acid groups (broad SMARTS) is 1. The number of β-lactam (4-membered cyclic amide) rings is 1. The van der Waals surface area contributed by atoms with Crippen LogP contribution < -0.4 is 16.5 Å². The number of fused-ring (bicyclic) bond motifs is 2. The van der Waals surface area contributed by atoms with Crippen molar-refractivity contribution in [1.82, 2.24) is 40.3 Å². The smallest absolute Gasteiger partial charge is 0.352 e. The number of hydroxylamine groups is 1. The Bertz CT molecular complexity index is 2330. The van der Waals surface area contributed by atoms with Gasteiger partial charge >= 0.3 is 5.97 Å². The van der Waals surface area contributed by atoms with Crippen molar-refractivity contribution in [2.75, 3.05) is 23.2 Å². The number of benzene rings is 1. The van der Waals surface area contributed by atoms with E-state index in [1.165, 1.54) is 33.2 Å². The second-order valence-electron chi connectivity index (χ2n) is 10.7. The molecule has 1 fully saturated rings. The fourth-order valence-electron chi connectivity index (χ4n) is 4.91. The summed E-state index contributed by atoms with van der Waals surface area (Å²) in [6, 6.07) is 2.91. The number of hydrogen-bond acceptors (Lipinski definition) is 19. The van der Waals surface area contributed by atoms with Crippen LogP contribution in [0.2, 0.25) is 0 Å². The quantitative estimate of drug-likeness (QED) is 0.0184. The summed E-state index contributed by atoms with van der Waals surface area (Å²) in [5.74, 6) is -5.80. The van der Waals surface area contributed by atoms with Gasteiger partial charge in [0.2, 0.25) is 15.8 Å². The number of aryl methyl sites for hydroxylation is 1. The molecule has 25 heteroatoms. The monoisotopic (exact) mass is 792 g/mol. The third kappa shape index (κ3) is 7.02. The van der Waals surface area contributed by atoms with E-state index in [0.717, 1.165) is 46.2 Å². The van der Waals surface area contributed by atoms with E-state index in [2.05, 4.69) is 30.5 Å². The molecular formula is C27H24N10O11S4. The van der Waals surface area contributed by atoms with E-state index in [4.69, 9.17) is 15.8 Å². The number of carboxylic acids is 1. The normalized spacial score (nSPS) is 17.5. The molecule has 0 unspecified atom stereocenters. The highest BCUT2D eigenvalue weighted by Gasteiger charge is 2.54. The number of thiazole rings is 1.